The zero-order chi connectivity index (χ0) is 18.1. The molecule has 0 spiro atoms. The van der Waals surface area contributed by atoms with E-state index in [1.807, 2.05) is 29.2 Å². The molecule has 8 heteroatoms. The Morgan fingerprint density at radius 2 is 1.88 bits per heavy atom. The van der Waals surface area contributed by atoms with E-state index < -0.39 is 0 Å². The Morgan fingerprint density at radius 1 is 1.15 bits per heavy atom. The van der Waals surface area contributed by atoms with Gasteiger partial charge in [0.1, 0.15) is 11.2 Å². The van der Waals surface area contributed by atoms with Crippen molar-refractivity contribution in [2.45, 2.75) is 23.8 Å². The number of hydrogen-bond donors (Lipinski definition) is 4. The van der Waals surface area contributed by atoms with E-state index in [2.05, 4.69) is 32.9 Å². The van der Waals surface area contributed by atoms with E-state index in [1.165, 1.54) is 0 Å². The molecule has 1 aliphatic rings. The highest BCUT2D eigenvalue weighted by atomic mass is 32.1. The first kappa shape index (κ1) is 16.9. The van der Waals surface area contributed by atoms with Crippen molar-refractivity contribution in [3.8, 4) is 0 Å². The number of hydrogen-bond acceptors (Lipinski definition) is 7. The number of thiol groups is 1. The maximum Gasteiger partial charge on any atom is 0.261 e. The fourth-order valence-electron chi connectivity index (χ4n) is 3.06. The van der Waals surface area contributed by atoms with Crippen molar-refractivity contribution in [3.63, 3.8) is 0 Å². The van der Waals surface area contributed by atoms with Crippen molar-refractivity contribution < 1.29 is 5.11 Å². The molecule has 0 saturated carbocycles. The van der Waals surface area contributed by atoms with E-state index in [-0.39, 0.29) is 11.7 Å². The van der Waals surface area contributed by atoms with Gasteiger partial charge in [-0.2, -0.15) is 4.98 Å². The minimum Gasteiger partial charge on any atom is -0.393 e. The molecular formula is C18H19N5O2S. The monoisotopic (exact) mass is 369 g/mol. The van der Waals surface area contributed by atoms with Crippen LogP contribution in [0, 0.1) is 0 Å². The Morgan fingerprint density at radius 3 is 2.62 bits per heavy atom. The number of fused-ring (bicyclic) bond motifs is 1. The highest BCUT2D eigenvalue weighted by Gasteiger charge is 2.21. The number of H-pyrrole nitrogens is 1. The van der Waals surface area contributed by atoms with E-state index in [0.29, 0.717) is 48.6 Å². The number of aliphatic hydroxyl groups excluding tert-OH is 1. The van der Waals surface area contributed by atoms with Crippen molar-refractivity contribution in [2.24, 2.45) is 0 Å². The van der Waals surface area contributed by atoms with E-state index in [4.69, 9.17) is 0 Å². The van der Waals surface area contributed by atoms with Gasteiger partial charge in [0, 0.05) is 29.9 Å². The lowest BCUT2D eigenvalue weighted by atomic mass is 10.1. The van der Waals surface area contributed by atoms with Crippen LogP contribution in [0.25, 0.3) is 10.9 Å². The Labute approximate surface area is 155 Å². The second-order valence-electron chi connectivity index (χ2n) is 6.33. The van der Waals surface area contributed by atoms with Crippen LogP contribution in [0.1, 0.15) is 12.8 Å². The third-order valence-electron chi connectivity index (χ3n) is 4.49. The van der Waals surface area contributed by atoms with E-state index in [0.717, 1.165) is 10.6 Å². The largest absolute Gasteiger partial charge is 0.393 e. The fraction of sp³-hybridized carbons (Fsp3) is 0.278. The van der Waals surface area contributed by atoms with Gasteiger partial charge < -0.3 is 20.3 Å². The smallest absolute Gasteiger partial charge is 0.261 e. The minimum absolute atomic E-state index is 0.239. The van der Waals surface area contributed by atoms with Crippen LogP contribution in [-0.4, -0.2) is 39.3 Å². The lowest BCUT2D eigenvalue weighted by Gasteiger charge is -2.29. The molecule has 0 unspecified atom stereocenters. The van der Waals surface area contributed by atoms with Crippen LogP contribution >= 0.6 is 12.6 Å². The number of pyridine rings is 1. The molecule has 26 heavy (non-hydrogen) atoms. The predicted molar refractivity (Wildman–Crippen MR) is 105 cm³/mol. The first-order valence-corrected chi connectivity index (χ1v) is 8.93. The highest BCUT2D eigenvalue weighted by Crippen LogP contribution is 2.26. The molecule has 3 aromatic rings. The Balaban J connectivity index is 1.78. The van der Waals surface area contributed by atoms with Crippen LogP contribution in [0.4, 0.5) is 17.5 Å². The lowest BCUT2D eigenvalue weighted by Crippen LogP contribution is -2.37. The molecule has 1 saturated heterocycles. The zero-order valence-electron chi connectivity index (χ0n) is 14.0. The molecule has 1 fully saturated rings. The number of rotatable bonds is 3. The van der Waals surface area contributed by atoms with Crippen LogP contribution < -0.4 is 15.8 Å². The van der Waals surface area contributed by atoms with Crippen LogP contribution in [0.3, 0.4) is 0 Å². The molecule has 3 heterocycles. The fourth-order valence-corrected chi connectivity index (χ4v) is 3.21. The number of aromatic amines is 1. The van der Waals surface area contributed by atoms with Crippen LogP contribution in [0.15, 0.2) is 46.2 Å². The summed E-state index contributed by atoms with van der Waals surface area (Å²) < 4.78 is 0. The molecule has 134 valence electrons. The maximum absolute atomic E-state index is 12.3. The van der Waals surface area contributed by atoms with Crippen molar-refractivity contribution in [1.29, 1.82) is 0 Å². The summed E-state index contributed by atoms with van der Waals surface area (Å²) in [7, 11) is 0. The van der Waals surface area contributed by atoms with Gasteiger partial charge >= 0.3 is 0 Å². The van der Waals surface area contributed by atoms with Crippen LogP contribution in [0.2, 0.25) is 0 Å². The number of benzene rings is 1. The molecule has 2 aromatic heterocycles. The number of aliphatic hydroxyl groups is 1. The second kappa shape index (κ2) is 6.97. The molecule has 0 radical (unpaired) electrons. The average Bonchev–Trinajstić information content (AvgIpc) is 2.64. The number of piperidine rings is 1. The molecule has 0 amide bonds. The van der Waals surface area contributed by atoms with Crippen molar-refractivity contribution in [3.05, 3.63) is 46.9 Å². The van der Waals surface area contributed by atoms with Gasteiger partial charge in [-0.05, 0) is 43.2 Å². The molecule has 7 nitrogen and oxygen atoms in total. The summed E-state index contributed by atoms with van der Waals surface area (Å²) in [5.74, 6) is 1.02. The van der Waals surface area contributed by atoms with Crippen LogP contribution in [0.5, 0.6) is 0 Å². The predicted octanol–water partition coefficient (Wildman–Crippen LogP) is 2.31. The Hall–Kier alpha value is -2.58. The van der Waals surface area contributed by atoms with E-state index >= 15 is 0 Å². The SMILES string of the molecule is O=c1[nH]ccc2nc(N3CCC(O)CC3)nc(Nc3ccc(S)cc3)c12. The Kier molecular flexibility index (Phi) is 4.52. The van der Waals surface area contributed by atoms with Gasteiger partial charge in [-0.15, -0.1) is 12.6 Å². The Bertz CT molecular complexity index is 981. The van der Waals surface area contributed by atoms with Gasteiger partial charge in [0.05, 0.1) is 11.6 Å². The zero-order valence-corrected chi connectivity index (χ0v) is 14.9. The van der Waals surface area contributed by atoms with Gasteiger partial charge in [-0.1, -0.05) is 0 Å². The minimum atomic E-state index is -0.271. The van der Waals surface area contributed by atoms with Gasteiger partial charge in [-0.25, -0.2) is 4.98 Å². The average molecular weight is 369 g/mol. The van der Waals surface area contributed by atoms with Gasteiger partial charge in [0.25, 0.3) is 5.56 Å². The molecule has 0 atom stereocenters. The normalized spacial score (nSPS) is 15.4. The first-order valence-electron chi connectivity index (χ1n) is 8.48. The maximum atomic E-state index is 12.3. The topological polar surface area (TPSA) is 94.1 Å². The third-order valence-corrected chi connectivity index (χ3v) is 4.78. The summed E-state index contributed by atoms with van der Waals surface area (Å²) in [6.07, 6.45) is 2.68. The molecule has 3 N–H and O–H groups in total. The second-order valence-corrected chi connectivity index (χ2v) is 6.85. The summed E-state index contributed by atoms with van der Waals surface area (Å²) in [4.78, 5) is 27.1. The highest BCUT2D eigenvalue weighted by molar-refractivity contribution is 7.80. The summed E-state index contributed by atoms with van der Waals surface area (Å²) in [5.41, 5.74) is 1.15. The molecule has 4 rings (SSSR count). The van der Waals surface area contributed by atoms with Gasteiger partial charge in [0.15, 0.2) is 0 Å². The summed E-state index contributed by atoms with van der Waals surface area (Å²) >= 11 is 4.29. The first-order chi connectivity index (χ1) is 12.6. The standard InChI is InChI=1S/C18H19N5O2S/c24-12-6-9-23(10-7-12)18-21-14-5-8-19-17(25)15(14)16(22-18)20-11-1-3-13(26)4-2-11/h1-5,8,12,24,26H,6-7,9-10H2,(H,19,25)(H,20,21,22). The van der Waals surface area contributed by atoms with Gasteiger partial charge in [-0.3, -0.25) is 4.79 Å². The van der Waals surface area contributed by atoms with Crippen molar-refractivity contribution in [2.75, 3.05) is 23.3 Å². The molecule has 0 aliphatic carbocycles. The number of nitrogens with one attached hydrogen (secondary N) is 2. The molecule has 1 aliphatic heterocycles. The third kappa shape index (κ3) is 3.38. The number of aromatic nitrogens is 3. The summed E-state index contributed by atoms with van der Waals surface area (Å²) in [6, 6.07) is 9.26. The lowest BCUT2D eigenvalue weighted by molar-refractivity contribution is 0.145. The van der Waals surface area contributed by atoms with Crippen molar-refractivity contribution >= 4 is 41.0 Å². The van der Waals surface area contributed by atoms with E-state index in [1.54, 1.807) is 12.3 Å². The van der Waals surface area contributed by atoms with Gasteiger partial charge in [0.2, 0.25) is 5.95 Å². The van der Waals surface area contributed by atoms with Crippen LogP contribution in [-0.2, 0) is 0 Å². The number of nitrogens with zero attached hydrogens (tertiary/aromatic N) is 3. The number of anilines is 3. The van der Waals surface area contributed by atoms with Crippen molar-refractivity contribution in [1.82, 2.24) is 15.0 Å². The quantitative estimate of drug-likeness (QED) is 0.530. The molecule has 0 bridgehead atoms. The summed E-state index contributed by atoms with van der Waals surface area (Å²) in [5, 5.41) is 13.4. The summed E-state index contributed by atoms with van der Waals surface area (Å²) in [6.45, 7) is 1.37. The molecular weight excluding hydrogens is 350 g/mol. The molecule has 1 aromatic carbocycles. The van der Waals surface area contributed by atoms with E-state index in [9.17, 15) is 9.90 Å².